The lowest BCUT2D eigenvalue weighted by Crippen LogP contribution is -2.23. The SMILES string of the molecule is COc1cc(Br)cc([C@@H](N)[C@H](C)O)c1. The van der Waals surface area contributed by atoms with Gasteiger partial charge in [0, 0.05) is 4.47 Å². The topological polar surface area (TPSA) is 55.5 Å². The molecule has 2 atom stereocenters. The third-order valence-electron chi connectivity index (χ3n) is 2.03. The summed E-state index contributed by atoms with van der Waals surface area (Å²) in [6, 6.07) is 5.15. The summed E-state index contributed by atoms with van der Waals surface area (Å²) in [5.41, 5.74) is 6.66. The second-order valence-electron chi connectivity index (χ2n) is 3.19. The maximum absolute atomic E-state index is 9.35. The number of hydrogen-bond acceptors (Lipinski definition) is 3. The monoisotopic (exact) mass is 259 g/mol. The molecule has 1 aromatic carbocycles. The summed E-state index contributed by atoms with van der Waals surface area (Å²) in [5.74, 6) is 0.727. The maximum atomic E-state index is 9.35. The number of benzene rings is 1. The van der Waals surface area contributed by atoms with Crippen LogP contribution in [0.25, 0.3) is 0 Å². The quantitative estimate of drug-likeness (QED) is 0.871. The van der Waals surface area contributed by atoms with Crippen LogP contribution in [0.2, 0.25) is 0 Å². The Morgan fingerprint density at radius 3 is 2.57 bits per heavy atom. The molecule has 0 aliphatic heterocycles. The van der Waals surface area contributed by atoms with E-state index in [1.807, 2.05) is 18.2 Å². The number of ether oxygens (including phenoxy) is 1. The molecular formula is C10H14BrNO2. The van der Waals surface area contributed by atoms with Gasteiger partial charge < -0.3 is 15.6 Å². The summed E-state index contributed by atoms with van der Waals surface area (Å²) in [6.45, 7) is 1.66. The van der Waals surface area contributed by atoms with E-state index in [1.165, 1.54) is 0 Å². The average molecular weight is 260 g/mol. The van der Waals surface area contributed by atoms with Gasteiger partial charge in [-0.1, -0.05) is 15.9 Å². The van der Waals surface area contributed by atoms with Crippen molar-refractivity contribution >= 4 is 15.9 Å². The maximum Gasteiger partial charge on any atom is 0.120 e. The van der Waals surface area contributed by atoms with E-state index in [1.54, 1.807) is 14.0 Å². The minimum atomic E-state index is -0.575. The second kappa shape index (κ2) is 4.77. The first-order valence-corrected chi connectivity index (χ1v) is 5.12. The van der Waals surface area contributed by atoms with Crippen molar-refractivity contribution in [2.24, 2.45) is 5.73 Å². The molecule has 14 heavy (non-hydrogen) atoms. The summed E-state index contributed by atoms with van der Waals surface area (Å²) >= 11 is 3.35. The van der Waals surface area contributed by atoms with Crippen molar-refractivity contribution in [1.29, 1.82) is 0 Å². The molecule has 1 rings (SSSR count). The van der Waals surface area contributed by atoms with Crippen molar-refractivity contribution < 1.29 is 9.84 Å². The highest BCUT2D eigenvalue weighted by Crippen LogP contribution is 2.25. The lowest BCUT2D eigenvalue weighted by Gasteiger charge is -2.16. The van der Waals surface area contributed by atoms with Crippen LogP contribution in [0.5, 0.6) is 5.75 Å². The van der Waals surface area contributed by atoms with Crippen molar-refractivity contribution in [1.82, 2.24) is 0 Å². The molecule has 78 valence electrons. The first-order valence-electron chi connectivity index (χ1n) is 4.32. The van der Waals surface area contributed by atoms with Gasteiger partial charge in [0.05, 0.1) is 19.3 Å². The zero-order valence-corrected chi connectivity index (χ0v) is 9.78. The lowest BCUT2D eigenvalue weighted by molar-refractivity contribution is 0.164. The predicted molar refractivity (Wildman–Crippen MR) is 59.3 cm³/mol. The fraction of sp³-hybridized carbons (Fsp3) is 0.400. The first-order chi connectivity index (χ1) is 6.54. The molecule has 0 fully saturated rings. The molecule has 0 unspecified atom stereocenters. The molecule has 0 heterocycles. The Bertz CT molecular complexity index is 315. The summed E-state index contributed by atoms with van der Waals surface area (Å²) in [4.78, 5) is 0. The van der Waals surface area contributed by atoms with E-state index in [9.17, 15) is 5.11 Å². The van der Waals surface area contributed by atoms with Crippen LogP contribution in [0.1, 0.15) is 18.5 Å². The number of methoxy groups -OCH3 is 1. The number of hydrogen-bond donors (Lipinski definition) is 2. The summed E-state index contributed by atoms with van der Waals surface area (Å²) in [6.07, 6.45) is -0.575. The average Bonchev–Trinajstić information content (AvgIpc) is 2.15. The Balaban J connectivity index is 3.02. The molecule has 0 aromatic heterocycles. The van der Waals surface area contributed by atoms with Crippen LogP contribution in [0.15, 0.2) is 22.7 Å². The van der Waals surface area contributed by atoms with Crippen LogP contribution in [-0.4, -0.2) is 18.3 Å². The van der Waals surface area contributed by atoms with Crippen LogP contribution in [0.3, 0.4) is 0 Å². The molecule has 1 aromatic rings. The third-order valence-corrected chi connectivity index (χ3v) is 2.49. The van der Waals surface area contributed by atoms with Crippen LogP contribution in [0, 0.1) is 0 Å². The third kappa shape index (κ3) is 2.70. The van der Waals surface area contributed by atoms with Crippen LogP contribution in [-0.2, 0) is 0 Å². The number of aliphatic hydroxyl groups excluding tert-OH is 1. The molecule has 0 amide bonds. The van der Waals surface area contributed by atoms with Gasteiger partial charge in [-0.05, 0) is 30.7 Å². The van der Waals surface area contributed by atoms with E-state index in [0.717, 1.165) is 15.8 Å². The van der Waals surface area contributed by atoms with Gasteiger partial charge in [0.25, 0.3) is 0 Å². The summed E-state index contributed by atoms with van der Waals surface area (Å²) < 4.78 is 5.99. The first kappa shape index (κ1) is 11.5. The Morgan fingerprint density at radius 2 is 2.07 bits per heavy atom. The normalized spacial score (nSPS) is 14.9. The van der Waals surface area contributed by atoms with Crippen molar-refractivity contribution in [3.63, 3.8) is 0 Å². The van der Waals surface area contributed by atoms with Gasteiger partial charge in [0.15, 0.2) is 0 Å². The number of halogens is 1. The fourth-order valence-electron chi connectivity index (χ4n) is 1.17. The number of aliphatic hydroxyl groups is 1. The van der Waals surface area contributed by atoms with E-state index in [-0.39, 0.29) is 6.04 Å². The Morgan fingerprint density at radius 1 is 1.43 bits per heavy atom. The molecule has 0 radical (unpaired) electrons. The molecule has 0 spiro atoms. The number of rotatable bonds is 3. The van der Waals surface area contributed by atoms with E-state index >= 15 is 0 Å². The number of nitrogens with two attached hydrogens (primary N) is 1. The highest BCUT2D eigenvalue weighted by molar-refractivity contribution is 9.10. The van der Waals surface area contributed by atoms with Crippen molar-refractivity contribution in [2.45, 2.75) is 19.1 Å². The molecule has 0 aliphatic carbocycles. The van der Waals surface area contributed by atoms with Gasteiger partial charge >= 0.3 is 0 Å². The molecule has 0 saturated heterocycles. The largest absolute Gasteiger partial charge is 0.497 e. The standard InChI is InChI=1S/C10H14BrNO2/c1-6(13)10(12)7-3-8(11)5-9(4-7)14-2/h3-6,10,13H,12H2,1-2H3/t6-,10-/m0/s1. The Kier molecular flexibility index (Phi) is 3.92. The van der Waals surface area contributed by atoms with Gasteiger partial charge in [-0.2, -0.15) is 0 Å². The van der Waals surface area contributed by atoms with Crippen LogP contribution in [0.4, 0.5) is 0 Å². The molecule has 0 saturated carbocycles. The van der Waals surface area contributed by atoms with Gasteiger partial charge in [0.2, 0.25) is 0 Å². The van der Waals surface area contributed by atoms with Crippen molar-refractivity contribution in [3.05, 3.63) is 28.2 Å². The lowest BCUT2D eigenvalue weighted by atomic mass is 10.0. The second-order valence-corrected chi connectivity index (χ2v) is 4.11. The Hall–Kier alpha value is -0.580. The van der Waals surface area contributed by atoms with Crippen molar-refractivity contribution in [2.75, 3.05) is 7.11 Å². The summed E-state index contributed by atoms with van der Waals surface area (Å²) in [7, 11) is 1.60. The van der Waals surface area contributed by atoms with Gasteiger partial charge in [-0.15, -0.1) is 0 Å². The van der Waals surface area contributed by atoms with E-state index in [2.05, 4.69) is 15.9 Å². The zero-order valence-electron chi connectivity index (χ0n) is 8.20. The van der Waals surface area contributed by atoms with Crippen LogP contribution < -0.4 is 10.5 Å². The fourth-order valence-corrected chi connectivity index (χ4v) is 1.66. The molecule has 3 N–H and O–H groups in total. The van der Waals surface area contributed by atoms with Gasteiger partial charge in [-0.3, -0.25) is 0 Å². The molecular weight excluding hydrogens is 246 g/mol. The predicted octanol–water partition coefficient (Wildman–Crippen LogP) is 1.84. The van der Waals surface area contributed by atoms with Crippen LogP contribution >= 0.6 is 15.9 Å². The van der Waals surface area contributed by atoms with Crippen molar-refractivity contribution in [3.8, 4) is 5.75 Å². The highest BCUT2D eigenvalue weighted by atomic mass is 79.9. The van der Waals surface area contributed by atoms with Gasteiger partial charge in [-0.25, -0.2) is 0 Å². The zero-order chi connectivity index (χ0) is 10.7. The van der Waals surface area contributed by atoms with E-state index in [4.69, 9.17) is 10.5 Å². The molecule has 0 aliphatic rings. The Labute approximate surface area is 92.0 Å². The minimum Gasteiger partial charge on any atom is -0.497 e. The van der Waals surface area contributed by atoms with Gasteiger partial charge in [0.1, 0.15) is 5.75 Å². The summed E-state index contributed by atoms with van der Waals surface area (Å²) in [5, 5.41) is 9.35. The van der Waals surface area contributed by atoms with E-state index in [0.29, 0.717) is 0 Å². The van der Waals surface area contributed by atoms with E-state index < -0.39 is 6.10 Å². The molecule has 0 bridgehead atoms. The highest BCUT2D eigenvalue weighted by Gasteiger charge is 2.13. The molecule has 3 nitrogen and oxygen atoms in total. The molecule has 4 heteroatoms. The smallest absolute Gasteiger partial charge is 0.120 e. The minimum absolute atomic E-state index is 0.388.